The minimum Gasteiger partial charge on any atom is -0.476 e. The lowest BCUT2D eigenvalue weighted by atomic mass is 9.99. The highest BCUT2D eigenvalue weighted by Crippen LogP contribution is 2.39. The van der Waals surface area contributed by atoms with Gasteiger partial charge in [0, 0.05) is 42.5 Å². The molecular formula is C25H30ClN3O3. The van der Waals surface area contributed by atoms with Crippen molar-refractivity contribution in [2.45, 2.75) is 45.6 Å². The summed E-state index contributed by atoms with van der Waals surface area (Å²) < 4.78 is 5.83. The van der Waals surface area contributed by atoms with Gasteiger partial charge in [0.15, 0.2) is 5.60 Å². The lowest BCUT2D eigenvalue weighted by molar-refractivity contribution is -0.132. The third-order valence-corrected chi connectivity index (χ3v) is 6.43. The zero-order chi connectivity index (χ0) is 22.9. The molecule has 170 valence electrons. The summed E-state index contributed by atoms with van der Waals surface area (Å²) in [6.45, 7) is 8.14. The van der Waals surface area contributed by atoms with E-state index in [0.717, 1.165) is 24.7 Å². The molecule has 1 fully saturated rings. The van der Waals surface area contributed by atoms with E-state index in [1.165, 1.54) is 18.5 Å². The molecule has 2 aliphatic rings. The fourth-order valence-corrected chi connectivity index (χ4v) is 4.39. The van der Waals surface area contributed by atoms with Crippen molar-refractivity contribution in [3.05, 3.63) is 47.5 Å². The van der Waals surface area contributed by atoms with Gasteiger partial charge < -0.3 is 19.9 Å². The van der Waals surface area contributed by atoms with E-state index in [2.05, 4.69) is 29.3 Å². The number of benzene rings is 2. The second kappa shape index (κ2) is 9.02. The standard InChI is InChI=1S/C25H30ClN3O3/c1-17-10-13-28(14-11-17)20-7-5-19(6-8-20)27-23(30)12-15-29-21-16-18(26)4-9-22(21)32-25(2,3)24(29)31/h4-9,16-17H,10-15H2,1-3H3,(H,27,30). The highest BCUT2D eigenvalue weighted by atomic mass is 35.5. The Morgan fingerprint density at radius 3 is 2.53 bits per heavy atom. The van der Waals surface area contributed by atoms with Gasteiger partial charge in [-0.2, -0.15) is 0 Å². The molecule has 4 rings (SSSR count). The van der Waals surface area contributed by atoms with E-state index in [1.807, 2.05) is 12.1 Å². The van der Waals surface area contributed by atoms with Gasteiger partial charge in [0.05, 0.1) is 5.69 Å². The maximum atomic E-state index is 12.9. The summed E-state index contributed by atoms with van der Waals surface area (Å²) in [6.07, 6.45) is 2.59. The predicted octanol–water partition coefficient (Wildman–Crippen LogP) is 5.11. The number of piperidine rings is 1. The van der Waals surface area contributed by atoms with E-state index in [0.29, 0.717) is 16.5 Å². The molecule has 0 radical (unpaired) electrons. The predicted molar refractivity (Wildman–Crippen MR) is 129 cm³/mol. The van der Waals surface area contributed by atoms with Crippen molar-refractivity contribution in [3.8, 4) is 5.75 Å². The Morgan fingerprint density at radius 1 is 1.16 bits per heavy atom. The van der Waals surface area contributed by atoms with Crippen LogP contribution in [0.15, 0.2) is 42.5 Å². The molecule has 2 heterocycles. The molecule has 0 bridgehead atoms. The van der Waals surface area contributed by atoms with Gasteiger partial charge in [-0.05, 0) is 75.1 Å². The fraction of sp³-hybridized carbons (Fsp3) is 0.440. The number of amides is 2. The second-order valence-electron chi connectivity index (χ2n) is 9.20. The SMILES string of the molecule is CC1CCN(c2ccc(NC(=O)CCN3C(=O)C(C)(C)Oc4ccc(Cl)cc43)cc2)CC1. The molecule has 2 aliphatic heterocycles. The molecule has 2 aromatic carbocycles. The summed E-state index contributed by atoms with van der Waals surface area (Å²) in [5, 5.41) is 3.45. The largest absolute Gasteiger partial charge is 0.476 e. The van der Waals surface area contributed by atoms with Crippen molar-refractivity contribution in [2.24, 2.45) is 5.92 Å². The van der Waals surface area contributed by atoms with Crippen LogP contribution in [0, 0.1) is 5.92 Å². The number of nitrogens with zero attached hydrogens (tertiary/aromatic N) is 2. The summed E-state index contributed by atoms with van der Waals surface area (Å²) in [6, 6.07) is 13.2. The van der Waals surface area contributed by atoms with Crippen LogP contribution in [-0.2, 0) is 9.59 Å². The number of fused-ring (bicyclic) bond motifs is 1. The first kappa shape index (κ1) is 22.5. The monoisotopic (exact) mass is 455 g/mol. The average molecular weight is 456 g/mol. The maximum Gasteiger partial charge on any atom is 0.270 e. The van der Waals surface area contributed by atoms with Gasteiger partial charge in [-0.1, -0.05) is 18.5 Å². The molecule has 0 atom stereocenters. The molecule has 0 saturated carbocycles. The minimum atomic E-state index is -1.00. The van der Waals surface area contributed by atoms with E-state index < -0.39 is 5.60 Å². The molecule has 7 heteroatoms. The Kier molecular flexibility index (Phi) is 6.33. The van der Waals surface area contributed by atoms with Gasteiger partial charge in [-0.15, -0.1) is 0 Å². The number of carbonyl (C=O) groups excluding carboxylic acids is 2. The summed E-state index contributed by atoms with van der Waals surface area (Å²) in [5.74, 6) is 1.03. The summed E-state index contributed by atoms with van der Waals surface area (Å²) >= 11 is 6.13. The lowest BCUT2D eigenvalue weighted by Crippen LogP contribution is -2.53. The molecule has 0 spiro atoms. The quantitative estimate of drug-likeness (QED) is 0.680. The first-order valence-corrected chi connectivity index (χ1v) is 11.6. The van der Waals surface area contributed by atoms with Crippen LogP contribution < -0.4 is 19.9 Å². The van der Waals surface area contributed by atoms with E-state index >= 15 is 0 Å². The molecule has 0 aliphatic carbocycles. The number of anilines is 3. The van der Waals surface area contributed by atoms with Gasteiger partial charge in [0.1, 0.15) is 5.75 Å². The Balaban J connectivity index is 1.38. The third kappa shape index (κ3) is 4.85. The van der Waals surface area contributed by atoms with Crippen LogP contribution in [0.3, 0.4) is 0 Å². The number of ether oxygens (including phenoxy) is 1. The first-order valence-electron chi connectivity index (χ1n) is 11.2. The minimum absolute atomic E-state index is 0.148. The summed E-state index contributed by atoms with van der Waals surface area (Å²) in [7, 11) is 0. The molecule has 1 saturated heterocycles. The molecule has 2 amide bonds. The summed E-state index contributed by atoms with van der Waals surface area (Å²) in [5.41, 5.74) is 1.53. The van der Waals surface area contributed by atoms with E-state index in [9.17, 15) is 9.59 Å². The number of halogens is 1. The molecule has 2 aromatic rings. The smallest absolute Gasteiger partial charge is 0.270 e. The number of nitrogens with one attached hydrogen (secondary N) is 1. The maximum absolute atomic E-state index is 12.9. The van der Waals surface area contributed by atoms with E-state index in [4.69, 9.17) is 16.3 Å². The number of carbonyl (C=O) groups is 2. The van der Waals surface area contributed by atoms with Crippen LogP contribution in [0.1, 0.15) is 40.0 Å². The van der Waals surface area contributed by atoms with Gasteiger partial charge in [0.2, 0.25) is 5.91 Å². The zero-order valence-electron chi connectivity index (χ0n) is 18.9. The number of hydrogen-bond acceptors (Lipinski definition) is 4. The Hall–Kier alpha value is -2.73. The van der Waals surface area contributed by atoms with E-state index in [-0.39, 0.29) is 24.8 Å². The average Bonchev–Trinajstić information content (AvgIpc) is 2.76. The third-order valence-electron chi connectivity index (χ3n) is 6.20. The van der Waals surface area contributed by atoms with Crippen LogP contribution in [-0.4, -0.2) is 37.0 Å². The lowest BCUT2D eigenvalue weighted by Gasteiger charge is -2.38. The highest BCUT2D eigenvalue weighted by Gasteiger charge is 2.40. The zero-order valence-corrected chi connectivity index (χ0v) is 19.6. The normalized spacial score (nSPS) is 18.2. The van der Waals surface area contributed by atoms with Crippen molar-refractivity contribution < 1.29 is 14.3 Å². The first-order chi connectivity index (χ1) is 15.2. The molecule has 0 aromatic heterocycles. The van der Waals surface area contributed by atoms with Crippen LogP contribution in [0.25, 0.3) is 0 Å². The van der Waals surface area contributed by atoms with Crippen molar-refractivity contribution in [2.75, 3.05) is 34.8 Å². The van der Waals surface area contributed by atoms with Gasteiger partial charge >= 0.3 is 0 Å². The molecule has 0 unspecified atom stereocenters. The van der Waals surface area contributed by atoms with Crippen LogP contribution in [0.4, 0.5) is 17.1 Å². The van der Waals surface area contributed by atoms with Crippen LogP contribution in [0.2, 0.25) is 5.02 Å². The molecule has 32 heavy (non-hydrogen) atoms. The van der Waals surface area contributed by atoms with Crippen LogP contribution in [0.5, 0.6) is 5.75 Å². The summed E-state index contributed by atoms with van der Waals surface area (Å²) in [4.78, 5) is 29.5. The van der Waals surface area contributed by atoms with Gasteiger partial charge in [0.25, 0.3) is 5.91 Å². The van der Waals surface area contributed by atoms with Crippen molar-refractivity contribution in [3.63, 3.8) is 0 Å². The fourth-order valence-electron chi connectivity index (χ4n) is 4.22. The number of rotatable bonds is 5. The van der Waals surface area contributed by atoms with Crippen molar-refractivity contribution >= 4 is 40.5 Å². The molecule has 1 N–H and O–H groups in total. The molecule has 6 nitrogen and oxygen atoms in total. The number of hydrogen-bond donors (Lipinski definition) is 1. The Bertz CT molecular complexity index is 998. The Labute approximate surface area is 194 Å². The van der Waals surface area contributed by atoms with Gasteiger partial charge in [-0.3, -0.25) is 9.59 Å². The highest BCUT2D eigenvalue weighted by molar-refractivity contribution is 6.31. The second-order valence-corrected chi connectivity index (χ2v) is 9.63. The Morgan fingerprint density at radius 2 is 1.84 bits per heavy atom. The van der Waals surface area contributed by atoms with Crippen LogP contribution >= 0.6 is 11.6 Å². The van der Waals surface area contributed by atoms with Crippen molar-refractivity contribution in [1.29, 1.82) is 0 Å². The van der Waals surface area contributed by atoms with Crippen molar-refractivity contribution in [1.82, 2.24) is 0 Å². The molecular weight excluding hydrogens is 426 g/mol. The topological polar surface area (TPSA) is 61.9 Å². The van der Waals surface area contributed by atoms with Gasteiger partial charge in [-0.25, -0.2) is 0 Å². The van der Waals surface area contributed by atoms with E-state index in [1.54, 1.807) is 36.9 Å².